The largest absolute Gasteiger partial charge is 0.388 e. The van der Waals surface area contributed by atoms with E-state index >= 15 is 0 Å². The zero-order valence-electron chi connectivity index (χ0n) is 10.7. The van der Waals surface area contributed by atoms with Crippen molar-refractivity contribution in [1.82, 2.24) is 4.98 Å². The van der Waals surface area contributed by atoms with Gasteiger partial charge in [-0.25, -0.2) is 0 Å². The van der Waals surface area contributed by atoms with Crippen LogP contribution < -0.4 is 0 Å². The number of aromatic nitrogens is 1. The first-order valence-corrected chi connectivity index (χ1v) is 7.19. The van der Waals surface area contributed by atoms with Crippen LogP contribution in [0.25, 0.3) is 10.9 Å². The van der Waals surface area contributed by atoms with Crippen molar-refractivity contribution in [3.63, 3.8) is 0 Å². The molecular weight excluding hydrogens is 254 g/mol. The molecule has 2 nitrogen and oxygen atoms in total. The second-order valence-electron chi connectivity index (χ2n) is 4.67. The molecule has 0 fully saturated rings. The van der Waals surface area contributed by atoms with Gasteiger partial charge in [-0.3, -0.25) is 4.98 Å². The summed E-state index contributed by atoms with van der Waals surface area (Å²) >= 11 is 1.68. The van der Waals surface area contributed by atoms with Crippen LogP contribution in [0, 0.1) is 6.92 Å². The lowest BCUT2D eigenvalue weighted by Gasteiger charge is -2.13. The minimum Gasteiger partial charge on any atom is -0.388 e. The van der Waals surface area contributed by atoms with E-state index in [0.717, 1.165) is 22.2 Å². The summed E-state index contributed by atoms with van der Waals surface area (Å²) in [6.07, 6.45) is 0.177. The van der Waals surface area contributed by atoms with E-state index in [-0.39, 0.29) is 0 Å². The molecule has 0 spiro atoms. The highest BCUT2D eigenvalue weighted by Gasteiger charge is 2.13. The van der Waals surface area contributed by atoms with Crippen LogP contribution in [0.15, 0.2) is 47.8 Å². The number of thiophene rings is 1. The number of para-hydroxylation sites is 1. The van der Waals surface area contributed by atoms with Crippen molar-refractivity contribution in [1.29, 1.82) is 0 Å². The Hall–Kier alpha value is -1.71. The molecule has 96 valence electrons. The Kier molecular flexibility index (Phi) is 3.32. The summed E-state index contributed by atoms with van der Waals surface area (Å²) < 4.78 is 0. The Morgan fingerprint density at radius 1 is 1.21 bits per heavy atom. The number of rotatable bonds is 3. The first kappa shape index (κ1) is 12.3. The third-order valence-electron chi connectivity index (χ3n) is 3.21. The van der Waals surface area contributed by atoms with Crippen molar-refractivity contribution in [2.24, 2.45) is 0 Å². The predicted molar refractivity (Wildman–Crippen MR) is 79.5 cm³/mol. The number of benzene rings is 1. The molecule has 0 amide bonds. The van der Waals surface area contributed by atoms with Crippen LogP contribution in [0.2, 0.25) is 0 Å². The molecule has 0 aliphatic heterocycles. The molecule has 2 heterocycles. The lowest BCUT2D eigenvalue weighted by molar-refractivity contribution is 0.181. The molecule has 0 bridgehead atoms. The SMILES string of the molecule is Cc1cc(C(O)Cc2cccs2)c2ccccc2n1. The number of aliphatic hydroxyl groups is 1. The highest BCUT2D eigenvalue weighted by Crippen LogP contribution is 2.27. The van der Waals surface area contributed by atoms with Gasteiger partial charge in [-0.1, -0.05) is 24.3 Å². The first-order chi connectivity index (χ1) is 9.24. The van der Waals surface area contributed by atoms with Crippen LogP contribution in [0.3, 0.4) is 0 Å². The lowest BCUT2D eigenvalue weighted by Crippen LogP contribution is -2.03. The zero-order chi connectivity index (χ0) is 13.2. The van der Waals surface area contributed by atoms with E-state index in [1.807, 2.05) is 48.7 Å². The van der Waals surface area contributed by atoms with Gasteiger partial charge in [-0.2, -0.15) is 0 Å². The molecular formula is C16H15NOS. The van der Waals surface area contributed by atoms with Gasteiger partial charge in [0.1, 0.15) is 0 Å². The van der Waals surface area contributed by atoms with E-state index in [0.29, 0.717) is 6.42 Å². The maximum Gasteiger partial charge on any atom is 0.0845 e. The molecule has 3 heteroatoms. The van der Waals surface area contributed by atoms with E-state index < -0.39 is 6.10 Å². The maximum absolute atomic E-state index is 10.5. The molecule has 19 heavy (non-hydrogen) atoms. The number of hydrogen-bond donors (Lipinski definition) is 1. The van der Waals surface area contributed by atoms with Gasteiger partial charge in [0.2, 0.25) is 0 Å². The number of aliphatic hydroxyl groups excluding tert-OH is 1. The maximum atomic E-state index is 10.5. The van der Waals surface area contributed by atoms with E-state index in [1.165, 1.54) is 4.88 Å². The standard InChI is InChI=1S/C16H15NOS/c1-11-9-14(13-6-2-3-7-15(13)17-11)16(18)10-12-5-4-8-19-12/h2-9,16,18H,10H2,1H3. The number of aryl methyl sites for hydroxylation is 1. The summed E-state index contributed by atoms with van der Waals surface area (Å²) in [5.41, 5.74) is 2.86. The van der Waals surface area contributed by atoms with Gasteiger partial charge < -0.3 is 5.11 Å². The van der Waals surface area contributed by atoms with Gasteiger partial charge in [-0.15, -0.1) is 11.3 Å². The number of pyridine rings is 1. The molecule has 2 aromatic heterocycles. The lowest BCUT2D eigenvalue weighted by atomic mass is 10.0. The average molecular weight is 269 g/mol. The summed E-state index contributed by atoms with van der Waals surface area (Å²) in [5, 5.41) is 13.6. The van der Waals surface area contributed by atoms with Crippen LogP contribution in [-0.4, -0.2) is 10.1 Å². The topological polar surface area (TPSA) is 33.1 Å². The Bertz CT molecular complexity index is 691. The van der Waals surface area contributed by atoms with Crippen LogP contribution in [0.4, 0.5) is 0 Å². The van der Waals surface area contributed by atoms with Gasteiger partial charge in [0.25, 0.3) is 0 Å². The minimum absolute atomic E-state index is 0.481. The molecule has 0 saturated carbocycles. The van der Waals surface area contributed by atoms with Crippen LogP contribution in [0.1, 0.15) is 22.2 Å². The van der Waals surface area contributed by atoms with E-state index in [9.17, 15) is 5.11 Å². The molecule has 1 unspecified atom stereocenters. The van der Waals surface area contributed by atoms with E-state index in [4.69, 9.17) is 0 Å². The molecule has 0 aliphatic rings. The van der Waals surface area contributed by atoms with Gasteiger partial charge in [-0.05, 0) is 36.1 Å². The van der Waals surface area contributed by atoms with Crippen molar-refractivity contribution in [2.45, 2.75) is 19.4 Å². The quantitative estimate of drug-likeness (QED) is 0.782. The Labute approximate surface area is 116 Å². The van der Waals surface area contributed by atoms with Gasteiger partial charge in [0, 0.05) is 22.4 Å². The number of nitrogens with zero attached hydrogens (tertiary/aromatic N) is 1. The van der Waals surface area contributed by atoms with Crippen molar-refractivity contribution < 1.29 is 5.11 Å². The van der Waals surface area contributed by atoms with Gasteiger partial charge in [0.15, 0.2) is 0 Å². The smallest absolute Gasteiger partial charge is 0.0845 e. The molecule has 3 aromatic rings. The normalized spacial score (nSPS) is 12.7. The van der Waals surface area contributed by atoms with Crippen LogP contribution in [-0.2, 0) is 6.42 Å². The van der Waals surface area contributed by atoms with Crippen molar-refractivity contribution in [3.8, 4) is 0 Å². The Morgan fingerprint density at radius 2 is 2.05 bits per heavy atom. The predicted octanol–water partition coefficient (Wildman–Crippen LogP) is 3.88. The molecule has 0 aliphatic carbocycles. The second-order valence-corrected chi connectivity index (χ2v) is 5.70. The summed E-state index contributed by atoms with van der Waals surface area (Å²) in [5.74, 6) is 0. The van der Waals surface area contributed by atoms with Gasteiger partial charge in [0.05, 0.1) is 11.6 Å². The Balaban J connectivity index is 2.03. The molecule has 3 rings (SSSR count). The monoisotopic (exact) mass is 269 g/mol. The summed E-state index contributed by atoms with van der Waals surface area (Å²) in [6, 6.07) is 14.0. The highest BCUT2D eigenvalue weighted by atomic mass is 32.1. The highest BCUT2D eigenvalue weighted by molar-refractivity contribution is 7.09. The van der Waals surface area contributed by atoms with Gasteiger partial charge >= 0.3 is 0 Å². The van der Waals surface area contributed by atoms with E-state index in [2.05, 4.69) is 11.1 Å². The second kappa shape index (κ2) is 5.11. The molecule has 1 N–H and O–H groups in total. The summed E-state index contributed by atoms with van der Waals surface area (Å²) in [7, 11) is 0. The first-order valence-electron chi connectivity index (χ1n) is 6.31. The minimum atomic E-state index is -0.481. The number of fused-ring (bicyclic) bond motifs is 1. The third-order valence-corrected chi connectivity index (χ3v) is 4.11. The van der Waals surface area contributed by atoms with Crippen molar-refractivity contribution in [2.75, 3.05) is 0 Å². The van der Waals surface area contributed by atoms with E-state index in [1.54, 1.807) is 11.3 Å². The van der Waals surface area contributed by atoms with Crippen molar-refractivity contribution >= 4 is 22.2 Å². The Morgan fingerprint density at radius 3 is 2.84 bits per heavy atom. The number of hydrogen-bond acceptors (Lipinski definition) is 3. The summed E-state index contributed by atoms with van der Waals surface area (Å²) in [4.78, 5) is 5.71. The fourth-order valence-corrected chi connectivity index (χ4v) is 3.09. The van der Waals surface area contributed by atoms with Crippen LogP contribution in [0.5, 0.6) is 0 Å². The summed E-state index contributed by atoms with van der Waals surface area (Å²) in [6.45, 7) is 1.97. The molecule has 0 radical (unpaired) electrons. The fraction of sp³-hybridized carbons (Fsp3) is 0.188. The van der Waals surface area contributed by atoms with Crippen molar-refractivity contribution in [3.05, 3.63) is 64.0 Å². The third kappa shape index (κ3) is 2.53. The van der Waals surface area contributed by atoms with Crippen LogP contribution >= 0.6 is 11.3 Å². The zero-order valence-corrected chi connectivity index (χ0v) is 11.5. The molecule has 0 saturated heterocycles. The molecule has 1 atom stereocenters. The average Bonchev–Trinajstić information content (AvgIpc) is 2.90. The fourth-order valence-electron chi connectivity index (χ4n) is 2.35. The molecule has 1 aromatic carbocycles.